The number of aromatic nitrogens is 2. The molecule has 0 spiro atoms. The molecule has 2 rings (SSSR count). The van der Waals surface area contributed by atoms with Crippen molar-refractivity contribution in [3.05, 3.63) is 53.9 Å². The molecule has 19 heavy (non-hydrogen) atoms. The lowest BCUT2D eigenvalue weighted by Gasteiger charge is -2.07. The molecule has 7 heteroatoms. The largest absolute Gasteiger partial charge is 0.476 e. The predicted molar refractivity (Wildman–Crippen MR) is 63.3 cm³/mol. The zero-order valence-corrected chi connectivity index (χ0v) is 9.50. The second-order valence-electron chi connectivity index (χ2n) is 3.50. The minimum Gasteiger partial charge on any atom is -0.476 e. The molecule has 2 heterocycles. The third kappa shape index (κ3) is 2.71. The molecule has 0 aliphatic heterocycles. The number of anilines is 1. The zero-order chi connectivity index (χ0) is 13.8. The third-order valence-electron chi connectivity index (χ3n) is 2.26. The average molecular weight is 261 g/mol. The molecule has 0 saturated carbocycles. The van der Waals surface area contributed by atoms with E-state index in [1.54, 1.807) is 0 Å². The maximum Gasteiger partial charge on any atom is 0.356 e. The quantitative estimate of drug-likeness (QED) is 0.818. The molecule has 0 fully saturated rings. The second kappa shape index (κ2) is 5.21. The van der Waals surface area contributed by atoms with Crippen LogP contribution in [0, 0.1) is 5.95 Å². The van der Waals surface area contributed by atoms with Gasteiger partial charge in [0.2, 0.25) is 5.95 Å². The number of halogens is 1. The molecule has 6 nitrogen and oxygen atoms in total. The summed E-state index contributed by atoms with van der Waals surface area (Å²) in [6.45, 7) is 0. The summed E-state index contributed by atoms with van der Waals surface area (Å²) in [4.78, 5) is 29.7. The van der Waals surface area contributed by atoms with Gasteiger partial charge in [-0.05, 0) is 24.3 Å². The number of carboxylic acids is 1. The Labute approximate surface area is 106 Å². The Morgan fingerprint density at radius 2 is 1.84 bits per heavy atom. The number of carboxylic acid groups (broad SMARTS) is 1. The maximum atomic E-state index is 13.3. The number of aromatic carboxylic acids is 1. The molecule has 96 valence electrons. The molecule has 0 unspecified atom stereocenters. The summed E-state index contributed by atoms with van der Waals surface area (Å²) < 4.78 is 13.3. The standard InChI is InChI=1S/C12H8FN3O3/c13-10-7(3-1-6-15-10)11(17)16-8-4-2-5-14-9(8)12(18)19/h1-6H,(H,16,17)(H,18,19). The van der Waals surface area contributed by atoms with Gasteiger partial charge in [0.15, 0.2) is 5.69 Å². The lowest BCUT2D eigenvalue weighted by atomic mass is 10.2. The van der Waals surface area contributed by atoms with Crippen LogP contribution in [0.1, 0.15) is 20.8 Å². The number of hydrogen-bond acceptors (Lipinski definition) is 4. The summed E-state index contributed by atoms with van der Waals surface area (Å²) in [5.74, 6) is -3.01. The van der Waals surface area contributed by atoms with E-state index in [4.69, 9.17) is 5.11 Å². The van der Waals surface area contributed by atoms with E-state index in [0.717, 1.165) is 0 Å². The first-order valence-electron chi connectivity index (χ1n) is 5.20. The van der Waals surface area contributed by atoms with E-state index in [9.17, 15) is 14.0 Å². The molecular weight excluding hydrogens is 253 g/mol. The number of amides is 1. The predicted octanol–water partition coefficient (Wildman–Crippen LogP) is 1.57. The first kappa shape index (κ1) is 12.6. The number of nitrogens with one attached hydrogen (secondary N) is 1. The van der Waals surface area contributed by atoms with E-state index >= 15 is 0 Å². The lowest BCUT2D eigenvalue weighted by Crippen LogP contribution is -2.17. The Hall–Kier alpha value is -2.83. The van der Waals surface area contributed by atoms with E-state index in [-0.39, 0.29) is 16.9 Å². The van der Waals surface area contributed by atoms with Gasteiger partial charge in [-0.3, -0.25) is 4.79 Å². The molecule has 0 radical (unpaired) electrons. The monoisotopic (exact) mass is 261 g/mol. The van der Waals surface area contributed by atoms with Gasteiger partial charge < -0.3 is 10.4 Å². The van der Waals surface area contributed by atoms with Crippen LogP contribution < -0.4 is 5.32 Å². The molecule has 0 aromatic carbocycles. The van der Waals surface area contributed by atoms with Crippen molar-refractivity contribution in [3.63, 3.8) is 0 Å². The molecular formula is C12H8FN3O3. The molecule has 2 aromatic rings. The minimum absolute atomic E-state index is 0.0109. The fourth-order valence-corrected chi connectivity index (χ4v) is 1.42. The van der Waals surface area contributed by atoms with Crippen molar-refractivity contribution < 1.29 is 19.1 Å². The van der Waals surface area contributed by atoms with Crippen molar-refractivity contribution in [1.82, 2.24) is 9.97 Å². The van der Waals surface area contributed by atoms with Crippen LogP contribution in [-0.2, 0) is 0 Å². The molecule has 1 amide bonds. The summed E-state index contributed by atoms with van der Waals surface area (Å²) in [5.41, 5.74) is -0.605. The Balaban J connectivity index is 2.30. The molecule has 0 aliphatic rings. The van der Waals surface area contributed by atoms with Gasteiger partial charge in [-0.2, -0.15) is 4.39 Å². The molecule has 0 aliphatic carbocycles. The summed E-state index contributed by atoms with van der Waals surface area (Å²) >= 11 is 0. The highest BCUT2D eigenvalue weighted by Crippen LogP contribution is 2.14. The summed E-state index contributed by atoms with van der Waals surface area (Å²) in [6.07, 6.45) is 2.49. The number of pyridine rings is 2. The highest BCUT2D eigenvalue weighted by atomic mass is 19.1. The number of rotatable bonds is 3. The Kier molecular flexibility index (Phi) is 3.46. The smallest absolute Gasteiger partial charge is 0.356 e. The van der Waals surface area contributed by atoms with Gasteiger partial charge in [0, 0.05) is 12.4 Å². The van der Waals surface area contributed by atoms with Crippen LogP contribution in [0.15, 0.2) is 36.7 Å². The zero-order valence-electron chi connectivity index (χ0n) is 9.50. The van der Waals surface area contributed by atoms with Crippen LogP contribution >= 0.6 is 0 Å². The van der Waals surface area contributed by atoms with Crippen molar-refractivity contribution >= 4 is 17.6 Å². The molecule has 0 saturated heterocycles. The van der Waals surface area contributed by atoms with Gasteiger partial charge in [0.25, 0.3) is 5.91 Å². The van der Waals surface area contributed by atoms with Crippen molar-refractivity contribution in [2.75, 3.05) is 5.32 Å². The van der Waals surface area contributed by atoms with Gasteiger partial charge in [-0.1, -0.05) is 0 Å². The number of carbonyl (C=O) groups is 2. The van der Waals surface area contributed by atoms with Gasteiger partial charge in [0.05, 0.1) is 11.3 Å². The summed E-state index contributed by atoms with van der Waals surface area (Å²) in [5, 5.41) is 11.2. The number of nitrogens with zero attached hydrogens (tertiary/aromatic N) is 2. The van der Waals surface area contributed by atoms with Crippen molar-refractivity contribution in [3.8, 4) is 0 Å². The van der Waals surface area contributed by atoms with Crippen LogP contribution in [0.4, 0.5) is 10.1 Å². The third-order valence-corrected chi connectivity index (χ3v) is 2.26. The highest BCUT2D eigenvalue weighted by molar-refractivity contribution is 6.07. The second-order valence-corrected chi connectivity index (χ2v) is 3.50. The van der Waals surface area contributed by atoms with E-state index < -0.39 is 17.8 Å². The fourth-order valence-electron chi connectivity index (χ4n) is 1.42. The van der Waals surface area contributed by atoms with E-state index in [2.05, 4.69) is 15.3 Å². The van der Waals surface area contributed by atoms with E-state index in [1.807, 2.05) is 0 Å². The van der Waals surface area contributed by atoms with E-state index in [1.165, 1.54) is 36.7 Å². The molecule has 2 aromatic heterocycles. The average Bonchev–Trinajstić information content (AvgIpc) is 2.39. The topological polar surface area (TPSA) is 92.2 Å². The normalized spacial score (nSPS) is 9.95. The van der Waals surface area contributed by atoms with Gasteiger partial charge in [0.1, 0.15) is 0 Å². The van der Waals surface area contributed by atoms with Crippen molar-refractivity contribution in [1.29, 1.82) is 0 Å². The fraction of sp³-hybridized carbons (Fsp3) is 0. The summed E-state index contributed by atoms with van der Waals surface area (Å²) in [7, 11) is 0. The number of hydrogen-bond donors (Lipinski definition) is 2. The van der Waals surface area contributed by atoms with Crippen LogP contribution in [0.3, 0.4) is 0 Å². The molecule has 0 atom stereocenters. The SMILES string of the molecule is O=C(Nc1cccnc1C(=O)O)c1cccnc1F. The molecule has 2 N–H and O–H groups in total. The van der Waals surface area contributed by atoms with Crippen LogP contribution in [0.5, 0.6) is 0 Å². The minimum atomic E-state index is -1.29. The van der Waals surface area contributed by atoms with Gasteiger partial charge in [-0.15, -0.1) is 0 Å². The lowest BCUT2D eigenvalue weighted by molar-refractivity contribution is 0.0691. The first-order chi connectivity index (χ1) is 9.09. The van der Waals surface area contributed by atoms with Crippen LogP contribution in [-0.4, -0.2) is 27.0 Å². The first-order valence-corrected chi connectivity index (χ1v) is 5.20. The Bertz CT molecular complexity index is 646. The van der Waals surface area contributed by atoms with Crippen molar-refractivity contribution in [2.24, 2.45) is 0 Å². The van der Waals surface area contributed by atoms with Crippen molar-refractivity contribution in [2.45, 2.75) is 0 Å². The van der Waals surface area contributed by atoms with Crippen LogP contribution in [0.2, 0.25) is 0 Å². The van der Waals surface area contributed by atoms with E-state index in [0.29, 0.717) is 0 Å². The molecule has 0 bridgehead atoms. The Morgan fingerprint density at radius 3 is 2.53 bits per heavy atom. The van der Waals surface area contributed by atoms with Gasteiger partial charge in [-0.25, -0.2) is 14.8 Å². The number of carbonyl (C=O) groups excluding carboxylic acids is 1. The Morgan fingerprint density at radius 1 is 1.16 bits per heavy atom. The van der Waals surface area contributed by atoms with Gasteiger partial charge >= 0.3 is 5.97 Å². The highest BCUT2D eigenvalue weighted by Gasteiger charge is 2.16. The summed E-state index contributed by atoms with van der Waals surface area (Å²) in [6, 6.07) is 5.47. The maximum absolute atomic E-state index is 13.3. The van der Waals surface area contributed by atoms with Crippen LogP contribution in [0.25, 0.3) is 0 Å².